The molecule has 0 atom stereocenters. The Hall–Kier alpha value is -0.570. The maximum Gasteiger partial charge on any atom is 0.198 e. The zero-order valence-corrected chi connectivity index (χ0v) is 7.85. The van der Waals surface area contributed by atoms with Gasteiger partial charge in [-0.2, -0.15) is 0 Å². The third kappa shape index (κ3) is 1.71. The van der Waals surface area contributed by atoms with Crippen molar-refractivity contribution < 1.29 is 9.21 Å². The molecule has 0 aliphatic carbocycles. The highest BCUT2D eigenvalue weighted by Gasteiger charge is 2.11. The Labute approximate surface area is 73.7 Å². The minimum absolute atomic E-state index is 0.0597. The van der Waals surface area contributed by atoms with Crippen molar-refractivity contribution in [2.24, 2.45) is 0 Å². The van der Waals surface area contributed by atoms with E-state index in [-0.39, 0.29) is 5.78 Å². The second-order valence-electron chi connectivity index (χ2n) is 2.19. The fraction of sp³-hybridized carbons (Fsp3) is 0.375. The first kappa shape index (κ1) is 8.53. The van der Waals surface area contributed by atoms with E-state index in [0.717, 1.165) is 5.56 Å². The van der Waals surface area contributed by atoms with E-state index < -0.39 is 0 Å². The zero-order chi connectivity index (χ0) is 8.27. The van der Waals surface area contributed by atoms with Crippen LogP contribution < -0.4 is 0 Å². The molecule has 0 aliphatic rings. The van der Waals surface area contributed by atoms with Crippen LogP contribution in [0.4, 0.5) is 0 Å². The van der Waals surface area contributed by atoms with Gasteiger partial charge in [-0.15, -0.1) is 0 Å². The molecule has 11 heavy (non-hydrogen) atoms. The number of halogens is 1. The first-order valence-electron chi connectivity index (χ1n) is 3.45. The van der Waals surface area contributed by atoms with E-state index in [9.17, 15) is 4.79 Å². The number of furan rings is 1. The summed E-state index contributed by atoms with van der Waals surface area (Å²) in [5.74, 6) is 0.550. The summed E-state index contributed by atoms with van der Waals surface area (Å²) in [4.78, 5) is 11.1. The lowest BCUT2D eigenvalue weighted by Crippen LogP contribution is -1.96. The Morgan fingerprint density at radius 1 is 1.73 bits per heavy atom. The third-order valence-electron chi connectivity index (χ3n) is 1.47. The Balaban J connectivity index is 2.92. The van der Waals surface area contributed by atoms with Gasteiger partial charge in [-0.25, -0.2) is 0 Å². The van der Waals surface area contributed by atoms with Crippen LogP contribution in [0.15, 0.2) is 16.7 Å². The van der Waals surface area contributed by atoms with Crippen LogP contribution in [-0.4, -0.2) is 5.78 Å². The quantitative estimate of drug-likeness (QED) is 0.575. The monoisotopic (exact) mass is 216 g/mol. The van der Waals surface area contributed by atoms with Crippen LogP contribution in [0.3, 0.4) is 0 Å². The first-order valence-corrected chi connectivity index (χ1v) is 4.57. The summed E-state index contributed by atoms with van der Waals surface area (Å²) in [6, 6.07) is 1.80. The maximum absolute atomic E-state index is 11.1. The Morgan fingerprint density at radius 2 is 2.45 bits per heavy atom. The molecular formula is C8H9BrO2. The molecule has 0 bridgehead atoms. The van der Waals surface area contributed by atoms with E-state index in [4.69, 9.17) is 4.42 Å². The van der Waals surface area contributed by atoms with E-state index in [2.05, 4.69) is 15.9 Å². The lowest BCUT2D eigenvalue weighted by molar-refractivity contribution is 0.0960. The molecular weight excluding hydrogens is 208 g/mol. The standard InChI is InChI=1S/C8H9BrO2/c1-2-7(10)8-6(5-9)3-4-11-8/h3-4H,2,5H2,1H3. The minimum Gasteiger partial charge on any atom is -0.461 e. The zero-order valence-electron chi connectivity index (χ0n) is 6.26. The van der Waals surface area contributed by atoms with Gasteiger partial charge in [0, 0.05) is 17.3 Å². The minimum atomic E-state index is 0.0597. The molecule has 1 rings (SSSR count). The summed E-state index contributed by atoms with van der Waals surface area (Å²) in [6.07, 6.45) is 2.03. The number of rotatable bonds is 3. The largest absolute Gasteiger partial charge is 0.461 e. The van der Waals surface area contributed by atoms with Gasteiger partial charge in [0.15, 0.2) is 11.5 Å². The number of carbonyl (C=O) groups excluding carboxylic acids is 1. The number of hydrogen-bond acceptors (Lipinski definition) is 2. The first-order chi connectivity index (χ1) is 5.29. The Kier molecular flexibility index (Phi) is 2.88. The highest BCUT2D eigenvalue weighted by Crippen LogP contribution is 2.15. The molecule has 0 spiro atoms. The highest BCUT2D eigenvalue weighted by molar-refractivity contribution is 9.08. The van der Waals surface area contributed by atoms with Gasteiger partial charge in [0.25, 0.3) is 0 Å². The summed E-state index contributed by atoms with van der Waals surface area (Å²) >= 11 is 3.27. The molecule has 0 saturated carbocycles. The van der Waals surface area contributed by atoms with Crippen LogP contribution in [0.1, 0.15) is 29.5 Å². The second-order valence-corrected chi connectivity index (χ2v) is 2.75. The van der Waals surface area contributed by atoms with Crippen molar-refractivity contribution in [2.75, 3.05) is 0 Å². The van der Waals surface area contributed by atoms with Gasteiger partial charge in [-0.05, 0) is 6.07 Å². The van der Waals surface area contributed by atoms with Crippen LogP contribution in [0.25, 0.3) is 0 Å². The fourth-order valence-corrected chi connectivity index (χ4v) is 1.29. The highest BCUT2D eigenvalue weighted by atomic mass is 79.9. The topological polar surface area (TPSA) is 30.2 Å². The van der Waals surface area contributed by atoms with Crippen LogP contribution in [0.5, 0.6) is 0 Å². The smallest absolute Gasteiger partial charge is 0.198 e. The molecule has 1 heterocycles. The van der Waals surface area contributed by atoms with Crippen molar-refractivity contribution in [1.82, 2.24) is 0 Å². The molecule has 0 aromatic carbocycles. The van der Waals surface area contributed by atoms with E-state index in [0.29, 0.717) is 17.5 Å². The van der Waals surface area contributed by atoms with E-state index in [1.165, 1.54) is 0 Å². The second kappa shape index (κ2) is 3.72. The van der Waals surface area contributed by atoms with Crippen LogP contribution in [0, 0.1) is 0 Å². The van der Waals surface area contributed by atoms with Gasteiger partial charge in [-0.3, -0.25) is 4.79 Å². The normalized spacial score (nSPS) is 10.0. The Morgan fingerprint density at radius 3 is 3.00 bits per heavy atom. The van der Waals surface area contributed by atoms with Gasteiger partial charge in [-0.1, -0.05) is 22.9 Å². The van der Waals surface area contributed by atoms with Crippen molar-refractivity contribution in [2.45, 2.75) is 18.7 Å². The Bertz CT molecular complexity index is 252. The predicted molar refractivity (Wildman–Crippen MR) is 46.0 cm³/mol. The molecule has 0 N–H and O–H groups in total. The number of hydrogen-bond donors (Lipinski definition) is 0. The van der Waals surface area contributed by atoms with E-state index >= 15 is 0 Å². The molecule has 0 aliphatic heterocycles. The third-order valence-corrected chi connectivity index (χ3v) is 2.07. The SMILES string of the molecule is CCC(=O)c1occc1CBr. The fourth-order valence-electron chi connectivity index (χ4n) is 0.846. The van der Waals surface area contributed by atoms with Gasteiger partial charge in [0.2, 0.25) is 0 Å². The van der Waals surface area contributed by atoms with Crippen molar-refractivity contribution in [3.05, 3.63) is 23.7 Å². The molecule has 0 amide bonds. The number of carbonyl (C=O) groups is 1. The van der Waals surface area contributed by atoms with Crippen molar-refractivity contribution in [3.63, 3.8) is 0 Å². The summed E-state index contributed by atoms with van der Waals surface area (Å²) in [5, 5.41) is 0.671. The average Bonchev–Trinajstić information content (AvgIpc) is 2.50. The molecule has 1 aromatic heterocycles. The van der Waals surface area contributed by atoms with Crippen LogP contribution in [0.2, 0.25) is 0 Å². The van der Waals surface area contributed by atoms with Gasteiger partial charge < -0.3 is 4.42 Å². The molecule has 3 heteroatoms. The lowest BCUT2D eigenvalue weighted by atomic mass is 10.2. The van der Waals surface area contributed by atoms with Crippen LogP contribution >= 0.6 is 15.9 Å². The lowest BCUT2D eigenvalue weighted by Gasteiger charge is -1.93. The van der Waals surface area contributed by atoms with Gasteiger partial charge in [0.05, 0.1) is 6.26 Å². The number of Topliss-reactive ketones (excluding diaryl/α,β-unsaturated/α-hetero) is 1. The number of ketones is 1. The summed E-state index contributed by atoms with van der Waals surface area (Å²) < 4.78 is 5.03. The average molecular weight is 217 g/mol. The summed E-state index contributed by atoms with van der Waals surface area (Å²) in [7, 11) is 0. The number of alkyl halides is 1. The molecule has 60 valence electrons. The van der Waals surface area contributed by atoms with Crippen molar-refractivity contribution >= 4 is 21.7 Å². The van der Waals surface area contributed by atoms with Gasteiger partial charge in [0.1, 0.15) is 0 Å². The van der Waals surface area contributed by atoms with Crippen molar-refractivity contribution in [1.29, 1.82) is 0 Å². The molecule has 0 saturated heterocycles. The predicted octanol–water partition coefficient (Wildman–Crippen LogP) is 2.77. The van der Waals surface area contributed by atoms with Gasteiger partial charge >= 0.3 is 0 Å². The van der Waals surface area contributed by atoms with E-state index in [1.807, 2.05) is 6.92 Å². The summed E-state index contributed by atoms with van der Waals surface area (Å²) in [6.45, 7) is 1.82. The van der Waals surface area contributed by atoms with Crippen molar-refractivity contribution in [3.8, 4) is 0 Å². The molecule has 0 unspecified atom stereocenters. The molecule has 0 radical (unpaired) electrons. The van der Waals surface area contributed by atoms with E-state index in [1.54, 1.807) is 12.3 Å². The summed E-state index contributed by atoms with van der Waals surface area (Å²) in [5.41, 5.74) is 0.928. The van der Waals surface area contributed by atoms with Crippen LogP contribution in [-0.2, 0) is 5.33 Å². The molecule has 0 fully saturated rings. The molecule has 1 aromatic rings. The maximum atomic E-state index is 11.1. The molecule has 2 nitrogen and oxygen atoms in total.